The molecule has 1 saturated heterocycles. The van der Waals surface area contributed by atoms with Gasteiger partial charge in [0.15, 0.2) is 17.2 Å². The lowest BCUT2D eigenvalue weighted by Crippen LogP contribution is -2.40. The lowest BCUT2D eigenvalue weighted by molar-refractivity contribution is 0.164. The summed E-state index contributed by atoms with van der Waals surface area (Å²) in [7, 11) is 1.33. The first-order valence-electron chi connectivity index (χ1n) is 11.4. The zero-order valence-electron chi connectivity index (χ0n) is 20.0. The molecule has 3 heterocycles. The first kappa shape index (κ1) is 24.8. The van der Waals surface area contributed by atoms with Crippen LogP contribution in [-0.4, -0.2) is 58.5 Å². The summed E-state index contributed by atoms with van der Waals surface area (Å²) < 4.78 is 6.16. The van der Waals surface area contributed by atoms with Crippen LogP contribution in [-0.2, 0) is 4.74 Å². The molecule has 1 aliphatic rings. The van der Waals surface area contributed by atoms with Gasteiger partial charge in [0.1, 0.15) is 6.07 Å². The van der Waals surface area contributed by atoms with Crippen molar-refractivity contribution in [2.75, 3.05) is 42.3 Å². The van der Waals surface area contributed by atoms with Crippen LogP contribution >= 0.6 is 11.6 Å². The molecule has 2 aromatic heterocycles. The minimum absolute atomic E-state index is 0.125. The van der Waals surface area contributed by atoms with Gasteiger partial charge in [0, 0.05) is 19.6 Å². The monoisotopic (exact) mass is 508 g/mol. The SMILES string of the molecule is CCNc1nc(Nc2cc(C#N)cc(N3C[C@@H](CC)[C@@H](NC(=O)OC)C3)c2Cl)nn2c(C#N)cnc12. The fourth-order valence-electron chi connectivity index (χ4n) is 4.27. The van der Waals surface area contributed by atoms with Gasteiger partial charge in [-0.25, -0.2) is 9.78 Å². The summed E-state index contributed by atoms with van der Waals surface area (Å²) in [6, 6.07) is 7.44. The van der Waals surface area contributed by atoms with E-state index in [-0.39, 0.29) is 23.6 Å². The summed E-state index contributed by atoms with van der Waals surface area (Å²) in [6.45, 7) is 5.72. The van der Waals surface area contributed by atoms with Crippen LogP contribution in [0, 0.1) is 28.6 Å². The zero-order valence-corrected chi connectivity index (χ0v) is 20.8. The predicted octanol–water partition coefficient (Wildman–Crippen LogP) is 3.27. The topological polar surface area (TPSA) is 156 Å². The standard InChI is InChI=1S/C23H25ClN10O2/c1-4-14-11-33(12-17(14)30-23(35)36-3)18-7-13(8-25)6-16(19(18)24)29-22-31-20(27-5-2)21-28-10-15(9-26)34(21)32-22/h6-7,10,14,17H,4-5,11-12H2,1-3H3,(H,30,35)(H2,27,29,31,32)/t14-,17+/m1/s1. The molecule has 3 aromatic rings. The van der Waals surface area contributed by atoms with Crippen LogP contribution in [0.5, 0.6) is 0 Å². The number of methoxy groups -OCH3 is 1. The van der Waals surface area contributed by atoms with Gasteiger partial charge in [-0.15, -0.1) is 5.10 Å². The Balaban J connectivity index is 1.71. The highest BCUT2D eigenvalue weighted by molar-refractivity contribution is 6.36. The van der Waals surface area contributed by atoms with Gasteiger partial charge in [0.25, 0.3) is 0 Å². The van der Waals surface area contributed by atoms with Gasteiger partial charge in [-0.2, -0.15) is 20.0 Å². The van der Waals surface area contributed by atoms with Gasteiger partial charge in [-0.3, -0.25) is 0 Å². The molecule has 2 atom stereocenters. The largest absolute Gasteiger partial charge is 0.453 e. The molecule has 0 bridgehead atoms. The number of fused-ring (bicyclic) bond motifs is 1. The Morgan fingerprint density at radius 2 is 2.08 bits per heavy atom. The first-order chi connectivity index (χ1) is 17.4. The fourth-order valence-corrected chi connectivity index (χ4v) is 4.54. The number of rotatable bonds is 7. The number of alkyl carbamates (subject to hydrolysis) is 1. The van der Waals surface area contributed by atoms with E-state index in [2.05, 4.69) is 50.1 Å². The van der Waals surface area contributed by atoms with Crippen molar-refractivity contribution in [2.24, 2.45) is 5.92 Å². The molecule has 1 fully saturated rings. The molecule has 186 valence electrons. The Bertz CT molecular complexity index is 1380. The molecule has 0 spiro atoms. The Kier molecular flexibility index (Phi) is 7.27. The first-order valence-corrected chi connectivity index (χ1v) is 11.8. The number of nitrogens with zero attached hydrogens (tertiary/aromatic N) is 7. The molecule has 1 aromatic carbocycles. The minimum Gasteiger partial charge on any atom is -0.453 e. The quantitative estimate of drug-likeness (QED) is 0.432. The van der Waals surface area contributed by atoms with E-state index in [1.165, 1.54) is 17.8 Å². The third-order valence-electron chi connectivity index (χ3n) is 6.04. The van der Waals surface area contributed by atoms with Gasteiger partial charge in [0.05, 0.1) is 47.4 Å². The van der Waals surface area contributed by atoms with Crippen molar-refractivity contribution >= 4 is 46.5 Å². The molecule has 0 radical (unpaired) electrons. The number of hydrogen-bond acceptors (Lipinski definition) is 10. The van der Waals surface area contributed by atoms with E-state index in [0.717, 1.165) is 6.42 Å². The normalized spacial score (nSPS) is 16.9. The second kappa shape index (κ2) is 10.5. The smallest absolute Gasteiger partial charge is 0.407 e. The van der Waals surface area contributed by atoms with Crippen molar-refractivity contribution in [3.63, 3.8) is 0 Å². The highest BCUT2D eigenvalue weighted by Gasteiger charge is 2.34. The fraction of sp³-hybridized carbons (Fsp3) is 0.391. The Morgan fingerprint density at radius 3 is 2.75 bits per heavy atom. The molecule has 13 heteroatoms. The van der Waals surface area contributed by atoms with Gasteiger partial charge >= 0.3 is 6.09 Å². The molecule has 36 heavy (non-hydrogen) atoms. The number of benzene rings is 1. The average molecular weight is 509 g/mol. The third-order valence-corrected chi connectivity index (χ3v) is 6.44. The average Bonchev–Trinajstić information content (AvgIpc) is 3.49. The van der Waals surface area contributed by atoms with Gasteiger partial charge in [0.2, 0.25) is 5.95 Å². The Morgan fingerprint density at radius 1 is 1.28 bits per heavy atom. The number of carbonyl (C=O) groups excluding carboxylic acids is 1. The maximum atomic E-state index is 11.8. The number of halogens is 1. The zero-order chi connectivity index (χ0) is 25.8. The predicted molar refractivity (Wildman–Crippen MR) is 134 cm³/mol. The number of carbonyl (C=O) groups is 1. The second-order valence-corrected chi connectivity index (χ2v) is 8.59. The van der Waals surface area contributed by atoms with Crippen LogP contribution in [0.4, 0.5) is 27.9 Å². The number of amides is 1. The van der Waals surface area contributed by atoms with E-state index in [1.54, 1.807) is 12.1 Å². The molecule has 1 aliphatic heterocycles. The maximum Gasteiger partial charge on any atom is 0.407 e. The van der Waals surface area contributed by atoms with Crippen molar-refractivity contribution in [2.45, 2.75) is 26.3 Å². The van der Waals surface area contributed by atoms with Crippen LogP contribution in [0.25, 0.3) is 5.65 Å². The number of hydrogen-bond donors (Lipinski definition) is 3. The van der Waals surface area contributed by atoms with E-state index in [9.17, 15) is 15.3 Å². The van der Waals surface area contributed by atoms with Crippen molar-refractivity contribution in [3.8, 4) is 12.1 Å². The van der Waals surface area contributed by atoms with Crippen molar-refractivity contribution in [3.05, 3.63) is 34.6 Å². The van der Waals surface area contributed by atoms with Crippen molar-refractivity contribution in [1.29, 1.82) is 10.5 Å². The summed E-state index contributed by atoms with van der Waals surface area (Å²) in [6.07, 6.45) is 1.78. The van der Waals surface area contributed by atoms with Crippen LogP contribution in [0.15, 0.2) is 18.3 Å². The summed E-state index contributed by atoms with van der Waals surface area (Å²) >= 11 is 6.83. The Hall–Kier alpha value is -4.29. The number of imidazole rings is 1. The third kappa shape index (κ3) is 4.76. The molecule has 4 rings (SSSR count). The van der Waals surface area contributed by atoms with E-state index < -0.39 is 6.09 Å². The molecule has 0 aliphatic carbocycles. The van der Waals surface area contributed by atoms with Gasteiger partial charge < -0.3 is 25.6 Å². The van der Waals surface area contributed by atoms with Crippen LogP contribution in [0.3, 0.4) is 0 Å². The van der Waals surface area contributed by atoms with Crippen LogP contribution in [0.1, 0.15) is 31.5 Å². The molecular formula is C23H25ClN10O2. The molecule has 0 unspecified atom stereocenters. The van der Waals surface area contributed by atoms with Crippen molar-refractivity contribution in [1.82, 2.24) is 24.9 Å². The number of nitriles is 2. The lowest BCUT2D eigenvalue weighted by atomic mass is 10.0. The summed E-state index contributed by atoms with van der Waals surface area (Å²) in [4.78, 5) is 22.6. The van der Waals surface area contributed by atoms with Crippen LogP contribution < -0.4 is 20.9 Å². The highest BCUT2D eigenvalue weighted by Crippen LogP contribution is 2.38. The number of anilines is 4. The number of aromatic nitrogens is 4. The van der Waals surface area contributed by atoms with Crippen LogP contribution in [0.2, 0.25) is 5.02 Å². The molecule has 3 N–H and O–H groups in total. The molecular weight excluding hydrogens is 484 g/mol. The lowest BCUT2D eigenvalue weighted by Gasteiger charge is -2.22. The maximum absolute atomic E-state index is 11.8. The summed E-state index contributed by atoms with van der Waals surface area (Å²) in [5.41, 5.74) is 2.15. The second-order valence-electron chi connectivity index (χ2n) is 8.21. The molecule has 12 nitrogen and oxygen atoms in total. The van der Waals surface area contributed by atoms with E-state index in [1.807, 2.05) is 11.8 Å². The summed E-state index contributed by atoms with van der Waals surface area (Å²) in [5, 5.41) is 33.0. The van der Waals surface area contributed by atoms with E-state index in [4.69, 9.17) is 16.3 Å². The number of ether oxygens (including phenoxy) is 1. The highest BCUT2D eigenvalue weighted by atomic mass is 35.5. The molecule has 0 saturated carbocycles. The number of nitrogens with one attached hydrogen (secondary N) is 3. The van der Waals surface area contributed by atoms with E-state index >= 15 is 0 Å². The van der Waals surface area contributed by atoms with E-state index in [0.29, 0.717) is 53.1 Å². The summed E-state index contributed by atoms with van der Waals surface area (Å²) in [5.74, 6) is 0.807. The van der Waals surface area contributed by atoms with Gasteiger partial charge in [-0.1, -0.05) is 18.5 Å². The van der Waals surface area contributed by atoms with Crippen molar-refractivity contribution < 1.29 is 9.53 Å². The van der Waals surface area contributed by atoms with Gasteiger partial charge in [-0.05, 0) is 31.4 Å². The molecule has 1 amide bonds. The Labute approximate surface area is 212 Å². The minimum atomic E-state index is -0.486.